The van der Waals surface area contributed by atoms with Gasteiger partial charge in [0.2, 0.25) is 0 Å². The normalized spacial score (nSPS) is 16.5. The van der Waals surface area contributed by atoms with Gasteiger partial charge in [0, 0.05) is 23.8 Å². The van der Waals surface area contributed by atoms with Crippen molar-refractivity contribution >= 4 is 17.3 Å². The molecule has 2 nitrogen and oxygen atoms in total. The van der Waals surface area contributed by atoms with Crippen LogP contribution in [-0.4, -0.2) is 18.2 Å². The third-order valence-corrected chi connectivity index (χ3v) is 6.15. The number of halogens is 1. The molecule has 3 rings (SSSR count). The first kappa shape index (κ1) is 20.2. The molecule has 1 aliphatic rings. The molecule has 146 valence electrons. The van der Waals surface area contributed by atoms with Gasteiger partial charge >= 0.3 is 0 Å². The Bertz CT molecular complexity index is 733. The van der Waals surface area contributed by atoms with Crippen molar-refractivity contribution in [3.8, 4) is 0 Å². The van der Waals surface area contributed by atoms with Gasteiger partial charge in [0.1, 0.15) is 0 Å². The first-order valence-electron chi connectivity index (χ1n) is 10.3. The topological polar surface area (TPSA) is 23.5 Å². The smallest absolute Gasteiger partial charge is 0.0930 e. The number of anilines is 1. The number of rotatable bonds is 7. The van der Waals surface area contributed by atoms with Crippen LogP contribution in [0, 0.1) is 6.92 Å². The second-order valence-corrected chi connectivity index (χ2v) is 8.39. The molecule has 0 amide bonds. The lowest BCUT2D eigenvalue weighted by molar-refractivity contribution is 0.0117. The summed E-state index contributed by atoms with van der Waals surface area (Å²) >= 11 is 5.99. The van der Waals surface area contributed by atoms with Gasteiger partial charge in [-0.2, -0.15) is 0 Å². The number of nitrogens with zero attached hydrogens (tertiary/aromatic N) is 1. The van der Waals surface area contributed by atoms with Crippen molar-refractivity contribution in [1.82, 2.24) is 0 Å². The van der Waals surface area contributed by atoms with Gasteiger partial charge in [0.15, 0.2) is 0 Å². The first-order chi connectivity index (χ1) is 13.0. The molecule has 0 radical (unpaired) electrons. The van der Waals surface area contributed by atoms with Gasteiger partial charge < -0.3 is 10.0 Å². The summed E-state index contributed by atoms with van der Waals surface area (Å²) in [5, 5.41) is 11.8. The predicted molar refractivity (Wildman–Crippen MR) is 116 cm³/mol. The van der Waals surface area contributed by atoms with Crippen LogP contribution in [0.15, 0.2) is 42.5 Å². The molecule has 1 aliphatic heterocycles. The molecule has 27 heavy (non-hydrogen) atoms. The maximum Gasteiger partial charge on any atom is 0.0930 e. The molecule has 1 heterocycles. The Morgan fingerprint density at radius 1 is 1.00 bits per heavy atom. The van der Waals surface area contributed by atoms with E-state index in [0.717, 1.165) is 31.5 Å². The minimum Gasteiger partial charge on any atom is -0.385 e. The van der Waals surface area contributed by atoms with Crippen LogP contribution < -0.4 is 4.90 Å². The number of benzene rings is 2. The van der Waals surface area contributed by atoms with E-state index in [1.54, 1.807) is 0 Å². The van der Waals surface area contributed by atoms with Gasteiger partial charge in [-0.05, 0) is 67.5 Å². The van der Waals surface area contributed by atoms with Gasteiger partial charge in [0.05, 0.1) is 5.60 Å². The molecule has 0 aromatic heterocycles. The van der Waals surface area contributed by atoms with Crippen LogP contribution in [0.3, 0.4) is 0 Å². The standard InChI is InChI=1S/C24H32ClNO/c1-3-4-5-6-7-20-8-13-23(19(2)18-20)26-16-14-24(27,15-17-26)21-9-11-22(25)12-10-21/h8-13,18,27H,3-7,14-17H2,1-2H3. The zero-order valence-corrected chi connectivity index (χ0v) is 17.4. The molecular formula is C24H32ClNO. The van der Waals surface area contributed by atoms with Crippen molar-refractivity contribution in [2.75, 3.05) is 18.0 Å². The predicted octanol–water partition coefficient (Wildman–Crippen LogP) is 6.26. The third kappa shape index (κ3) is 5.06. The molecule has 0 saturated carbocycles. The van der Waals surface area contributed by atoms with Crippen LogP contribution in [-0.2, 0) is 12.0 Å². The van der Waals surface area contributed by atoms with E-state index in [4.69, 9.17) is 11.6 Å². The fourth-order valence-corrected chi connectivity index (χ4v) is 4.28. The van der Waals surface area contributed by atoms with Gasteiger partial charge in [-0.25, -0.2) is 0 Å². The first-order valence-corrected chi connectivity index (χ1v) is 10.7. The molecule has 0 bridgehead atoms. The van der Waals surface area contributed by atoms with Crippen LogP contribution >= 0.6 is 11.6 Å². The van der Waals surface area contributed by atoms with E-state index in [0.29, 0.717) is 5.02 Å². The Labute approximate surface area is 169 Å². The SMILES string of the molecule is CCCCCCc1ccc(N2CCC(O)(c3ccc(Cl)cc3)CC2)c(C)c1. The Hall–Kier alpha value is -1.51. The molecule has 3 heteroatoms. The van der Waals surface area contributed by atoms with Crippen LogP contribution in [0.1, 0.15) is 62.1 Å². The molecule has 0 unspecified atom stereocenters. The fourth-order valence-electron chi connectivity index (χ4n) is 4.15. The van der Waals surface area contributed by atoms with E-state index in [-0.39, 0.29) is 0 Å². The largest absolute Gasteiger partial charge is 0.385 e. The number of hydrogen-bond donors (Lipinski definition) is 1. The highest BCUT2D eigenvalue weighted by Gasteiger charge is 2.34. The van der Waals surface area contributed by atoms with E-state index in [9.17, 15) is 5.11 Å². The van der Waals surface area contributed by atoms with Crippen molar-refractivity contribution in [1.29, 1.82) is 0 Å². The number of piperidine rings is 1. The molecule has 1 N–H and O–H groups in total. The highest BCUT2D eigenvalue weighted by atomic mass is 35.5. The lowest BCUT2D eigenvalue weighted by Crippen LogP contribution is -2.42. The van der Waals surface area contributed by atoms with E-state index in [1.807, 2.05) is 24.3 Å². The molecule has 1 saturated heterocycles. The zero-order chi connectivity index (χ0) is 19.3. The van der Waals surface area contributed by atoms with Crippen molar-refractivity contribution < 1.29 is 5.11 Å². The summed E-state index contributed by atoms with van der Waals surface area (Å²) in [7, 11) is 0. The van der Waals surface area contributed by atoms with E-state index >= 15 is 0 Å². The minimum absolute atomic E-state index is 0.713. The van der Waals surface area contributed by atoms with E-state index in [2.05, 4.69) is 36.9 Å². The average Bonchev–Trinajstić information content (AvgIpc) is 2.67. The number of aliphatic hydroxyl groups is 1. The molecule has 0 atom stereocenters. The second kappa shape index (κ2) is 9.12. The molecule has 0 aliphatic carbocycles. The summed E-state index contributed by atoms with van der Waals surface area (Å²) in [6.07, 6.45) is 7.89. The number of unbranched alkanes of at least 4 members (excludes halogenated alkanes) is 3. The third-order valence-electron chi connectivity index (χ3n) is 5.89. The summed E-state index contributed by atoms with van der Waals surface area (Å²) in [6, 6.07) is 14.6. The molecule has 0 spiro atoms. The van der Waals surface area contributed by atoms with Gasteiger partial charge in [-0.15, -0.1) is 0 Å². The zero-order valence-electron chi connectivity index (χ0n) is 16.7. The average molecular weight is 386 g/mol. The Morgan fingerprint density at radius 2 is 1.70 bits per heavy atom. The fraction of sp³-hybridized carbons (Fsp3) is 0.500. The Kier molecular flexibility index (Phi) is 6.83. The van der Waals surface area contributed by atoms with Crippen LogP contribution in [0.4, 0.5) is 5.69 Å². The summed E-state index contributed by atoms with van der Waals surface area (Å²) in [6.45, 7) is 6.21. The van der Waals surface area contributed by atoms with Crippen molar-refractivity contribution in [3.63, 3.8) is 0 Å². The van der Waals surface area contributed by atoms with Crippen LogP contribution in [0.25, 0.3) is 0 Å². The van der Waals surface area contributed by atoms with E-state index < -0.39 is 5.60 Å². The van der Waals surface area contributed by atoms with Gasteiger partial charge in [-0.3, -0.25) is 0 Å². The summed E-state index contributed by atoms with van der Waals surface area (Å²) < 4.78 is 0. The monoisotopic (exact) mass is 385 g/mol. The molecule has 2 aromatic carbocycles. The number of hydrogen-bond acceptors (Lipinski definition) is 2. The van der Waals surface area contributed by atoms with Crippen molar-refractivity contribution in [2.24, 2.45) is 0 Å². The Balaban J connectivity index is 1.61. The maximum atomic E-state index is 11.1. The number of aryl methyl sites for hydroxylation is 2. The molecule has 1 fully saturated rings. The second-order valence-electron chi connectivity index (χ2n) is 7.96. The summed E-state index contributed by atoms with van der Waals surface area (Å²) in [4.78, 5) is 2.42. The van der Waals surface area contributed by atoms with Gasteiger partial charge in [-0.1, -0.05) is 62.1 Å². The maximum absolute atomic E-state index is 11.1. The van der Waals surface area contributed by atoms with Crippen LogP contribution in [0.5, 0.6) is 0 Å². The summed E-state index contributed by atoms with van der Waals surface area (Å²) in [5.41, 5.74) is 4.34. The lowest BCUT2D eigenvalue weighted by atomic mass is 9.84. The van der Waals surface area contributed by atoms with Gasteiger partial charge in [0.25, 0.3) is 0 Å². The highest BCUT2D eigenvalue weighted by Crippen LogP contribution is 2.36. The minimum atomic E-state index is -0.742. The Morgan fingerprint density at radius 3 is 2.33 bits per heavy atom. The molecular weight excluding hydrogens is 354 g/mol. The van der Waals surface area contributed by atoms with Crippen molar-refractivity contribution in [2.45, 2.75) is 64.4 Å². The van der Waals surface area contributed by atoms with Crippen molar-refractivity contribution in [3.05, 3.63) is 64.2 Å². The lowest BCUT2D eigenvalue weighted by Gasteiger charge is -2.40. The van der Waals surface area contributed by atoms with E-state index in [1.165, 1.54) is 48.9 Å². The van der Waals surface area contributed by atoms with Crippen LogP contribution in [0.2, 0.25) is 5.02 Å². The highest BCUT2D eigenvalue weighted by molar-refractivity contribution is 6.30. The quantitative estimate of drug-likeness (QED) is 0.568. The summed E-state index contributed by atoms with van der Waals surface area (Å²) in [5.74, 6) is 0. The molecule has 2 aromatic rings.